The van der Waals surface area contributed by atoms with Gasteiger partial charge in [0.2, 0.25) is 5.82 Å². The van der Waals surface area contributed by atoms with Crippen molar-refractivity contribution in [3.05, 3.63) is 55.2 Å². The molecule has 128 valence electrons. The summed E-state index contributed by atoms with van der Waals surface area (Å²) >= 11 is 0. The summed E-state index contributed by atoms with van der Waals surface area (Å²) in [5.74, 6) is 0.108. The Bertz CT molecular complexity index is 883. The molecule has 1 saturated heterocycles. The van der Waals surface area contributed by atoms with Crippen molar-refractivity contribution >= 4 is 5.82 Å². The SMILES string of the molecule is Cc1nc([N+](=O)[O-])cn1[C@H]1C[C@H](n2ccc(=O)[nH]c2=O)O[C@@H]1CO. The Labute approximate surface area is 134 Å². The highest BCUT2D eigenvalue weighted by Gasteiger charge is 2.39. The van der Waals surface area contributed by atoms with Crippen LogP contribution in [0.15, 0.2) is 28.0 Å². The zero-order chi connectivity index (χ0) is 17.4. The first kappa shape index (κ1) is 16.1. The predicted octanol–water partition coefficient (Wildman–Crippen LogP) is -0.529. The summed E-state index contributed by atoms with van der Waals surface area (Å²) in [7, 11) is 0. The zero-order valence-electron chi connectivity index (χ0n) is 12.7. The summed E-state index contributed by atoms with van der Waals surface area (Å²) in [4.78, 5) is 39.3. The van der Waals surface area contributed by atoms with Gasteiger partial charge in [0.15, 0.2) is 0 Å². The topological polar surface area (TPSA) is 145 Å². The predicted molar refractivity (Wildman–Crippen MR) is 79.6 cm³/mol. The van der Waals surface area contributed by atoms with E-state index in [-0.39, 0.29) is 18.8 Å². The molecule has 0 aromatic carbocycles. The van der Waals surface area contributed by atoms with Gasteiger partial charge in [-0.1, -0.05) is 0 Å². The molecule has 1 aliphatic heterocycles. The van der Waals surface area contributed by atoms with Gasteiger partial charge in [0.05, 0.1) is 12.6 Å². The molecule has 11 heteroatoms. The lowest BCUT2D eigenvalue weighted by Crippen LogP contribution is -2.31. The number of H-pyrrole nitrogens is 1. The van der Waals surface area contributed by atoms with E-state index >= 15 is 0 Å². The van der Waals surface area contributed by atoms with Gasteiger partial charge in [0, 0.05) is 25.6 Å². The molecular weight excluding hydrogens is 322 g/mol. The number of aliphatic hydroxyl groups excluding tert-OH is 1. The Balaban J connectivity index is 1.94. The van der Waals surface area contributed by atoms with Crippen LogP contribution in [0.2, 0.25) is 0 Å². The number of rotatable bonds is 4. The fourth-order valence-corrected chi connectivity index (χ4v) is 2.89. The Morgan fingerprint density at radius 2 is 2.25 bits per heavy atom. The van der Waals surface area contributed by atoms with Gasteiger partial charge in [-0.15, -0.1) is 0 Å². The van der Waals surface area contributed by atoms with Crippen LogP contribution in [0.4, 0.5) is 5.82 Å². The van der Waals surface area contributed by atoms with Crippen molar-refractivity contribution in [1.29, 1.82) is 0 Å². The number of nitro groups is 1. The van der Waals surface area contributed by atoms with Gasteiger partial charge < -0.3 is 24.5 Å². The quantitative estimate of drug-likeness (QED) is 0.563. The van der Waals surface area contributed by atoms with E-state index in [1.165, 1.54) is 23.0 Å². The monoisotopic (exact) mass is 337 g/mol. The molecule has 24 heavy (non-hydrogen) atoms. The molecule has 2 aromatic rings. The van der Waals surface area contributed by atoms with Crippen LogP contribution < -0.4 is 11.2 Å². The molecule has 1 fully saturated rings. The average Bonchev–Trinajstić information content (AvgIpc) is 3.10. The minimum atomic E-state index is -0.711. The van der Waals surface area contributed by atoms with E-state index in [9.17, 15) is 24.8 Å². The van der Waals surface area contributed by atoms with E-state index in [2.05, 4.69) is 9.97 Å². The van der Waals surface area contributed by atoms with Crippen LogP contribution in [0.25, 0.3) is 0 Å². The van der Waals surface area contributed by atoms with Crippen molar-refractivity contribution in [3.63, 3.8) is 0 Å². The third kappa shape index (κ3) is 2.74. The van der Waals surface area contributed by atoms with E-state index < -0.39 is 34.5 Å². The Morgan fingerprint density at radius 1 is 1.50 bits per heavy atom. The first-order chi connectivity index (χ1) is 11.4. The lowest BCUT2D eigenvalue weighted by molar-refractivity contribution is -0.389. The van der Waals surface area contributed by atoms with Crippen LogP contribution in [-0.2, 0) is 4.74 Å². The first-order valence-corrected chi connectivity index (χ1v) is 7.18. The molecule has 2 N–H and O–H groups in total. The van der Waals surface area contributed by atoms with Gasteiger partial charge in [-0.2, -0.15) is 0 Å². The van der Waals surface area contributed by atoms with E-state index in [4.69, 9.17) is 4.74 Å². The highest BCUT2D eigenvalue weighted by Crippen LogP contribution is 2.37. The van der Waals surface area contributed by atoms with Crippen molar-refractivity contribution in [2.24, 2.45) is 0 Å². The second-order valence-corrected chi connectivity index (χ2v) is 5.44. The molecule has 0 saturated carbocycles. The van der Waals surface area contributed by atoms with Crippen LogP contribution in [0.1, 0.15) is 24.5 Å². The second kappa shape index (κ2) is 6.02. The number of nitrogens with zero attached hydrogens (tertiary/aromatic N) is 4. The highest BCUT2D eigenvalue weighted by atomic mass is 16.6. The normalized spacial score (nSPS) is 23.5. The number of nitrogens with one attached hydrogen (secondary N) is 1. The largest absolute Gasteiger partial charge is 0.394 e. The molecule has 1 aliphatic rings. The number of aromatic amines is 1. The summed E-state index contributed by atoms with van der Waals surface area (Å²) in [6, 6.07) is 0.763. The zero-order valence-corrected chi connectivity index (χ0v) is 12.7. The second-order valence-electron chi connectivity index (χ2n) is 5.44. The van der Waals surface area contributed by atoms with Gasteiger partial charge in [0.25, 0.3) is 5.56 Å². The molecule has 3 rings (SSSR count). The molecule has 3 atom stereocenters. The van der Waals surface area contributed by atoms with Crippen LogP contribution in [0, 0.1) is 17.0 Å². The minimum absolute atomic E-state index is 0.283. The Morgan fingerprint density at radius 3 is 2.83 bits per heavy atom. The van der Waals surface area contributed by atoms with E-state index in [1.807, 2.05) is 0 Å². The van der Waals surface area contributed by atoms with Crippen molar-refractivity contribution in [2.45, 2.75) is 31.7 Å². The average molecular weight is 337 g/mol. The number of ether oxygens (including phenoxy) is 1. The summed E-state index contributed by atoms with van der Waals surface area (Å²) in [5.41, 5.74) is -1.15. The van der Waals surface area contributed by atoms with Crippen molar-refractivity contribution in [1.82, 2.24) is 19.1 Å². The standard InChI is InChI=1S/C13H15N5O6/c1-7-14-10(18(22)23)5-17(7)8-4-12(24-9(8)6-19)16-3-2-11(20)15-13(16)21/h2-3,5,8-9,12,19H,4,6H2,1H3,(H,15,20,21)/t8-,9+,12+/m0/s1. The molecule has 3 heterocycles. The first-order valence-electron chi connectivity index (χ1n) is 7.18. The summed E-state index contributed by atoms with van der Waals surface area (Å²) in [6.07, 6.45) is 1.50. The molecule has 0 radical (unpaired) electrons. The summed E-state index contributed by atoms with van der Waals surface area (Å²) in [6.45, 7) is 1.28. The van der Waals surface area contributed by atoms with Crippen molar-refractivity contribution in [2.75, 3.05) is 6.61 Å². The molecule has 0 bridgehead atoms. The Hall–Kier alpha value is -2.79. The Kier molecular flexibility index (Phi) is 4.03. The van der Waals surface area contributed by atoms with E-state index in [1.54, 1.807) is 11.5 Å². The van der Waals surface area contributed by atoms with Crippen LogP contribution in [0.3, 0.4) is 0 Å². The van der Waals surface area contributed by atoms with Crippen molar-refractivity contribution < 1.29 is 14.8 Å². The van der Waals surface area contributed by atoms with Crippen LogP contribution in [-0.4, -0.2) is 41.8 Å². The van der Waals surface area contributed by atoms with Crippen molar-refractivity contribution in [3.8, 4) is 0 Å². The molecule has 11 nitrogen and oxygen atoms in total. The van der Waals surface area contributed by atoms with Crippen LogP contribution in [0.5, 0.6) is 0 Å². The highest BCUT2D eigenvalue weighted by molar-refractivity contribution is 5.18. The fourth-order valence-electron chi connectivity index (χ4n) is 2.89. The minimum Gasteiger partial charge on any atom is -0.394 e. The van der Waals surface area contributed by atoms with Gasteiger partial charge in [0.1, 0.15) is 18.5 Å². The maximum absolute atomic E-state index is 11.9. The van der Waals surface area contributed by atoms with Gasteiger partial charge in [-0.3, -0.25) is 14.3 Å². The molecule has 0 aliphatic carbocycles. The smallest absolute Gasteiger partial charge is 0.381 e. The summed E-state index contributed by atoms with van der Waals surface area (Å²) < 4.78 is 8.46. The molecule has 0 spiro atoms. The number of aromatic nitrogens is 4. The van der Waals surface area contributed by atoms with E-state index in [0.717, 1.165) is 0 Å². The molecule has 0 unspecified atom stereocenters. The van der Waals surface area contributed by atoms with Gasteiger partial charge in [-0.25, -0.2) is 4.79 Å². The third-order valence-electron chi connectivity index (χ3n) is 3.99. The number of hydrogen-bond donors (Lipinski definition) is 2. The molecule has 0 amide bonds. The van der Waals surface area contributed by atoms with E-state index in [0.29, 0.717) is 5.82 Å². The number of imidazole rings is 1. The molecular formula is C13H15N5O6. The molecule has 2 aromatic heterocycles. The maximum atomic E-state index is 11.9. The lowest BCUT2D eigenvalue weighted by Gasteiger charge is -2.16. The van der Waals surface area contributed by atoms with Gasteiger partial charge >= 0.3 is 11.5 Å². The number of hydrogen-bond acceptors (Lipinski definition) is 7. The van der Waals surface area contributed by atoms with Gasteiger partial charge in [-0.05, 0) is 9.91 Å². The summed E-state index contributed by atoms with van der Waals surface area (Å²) in [5, 5.41) is 20.4. The van der Waals surface area contributed by atoms with Crippen LogP contribution >= 0.6 is 0 Å². The maximum Gasteiger partial charge on any atom is 0.381 e. The third-order valence-corrected chi connectivity index (χ3v) is 3.99. The number of aryl methyl sites for hydroxylation is 1. The fraction of sp³-hybridized carbons (Fsp3) is 0.462. The number of aliphatic hydroxyl groups is 1. The lowest BCUT2D eigenvalue weighted by atomic mass is 10.1.